The van der Waals surface area contributed by atoms with Crippen molar-refractivity contribution >= 4 is 87.6 Å². The Hall–Kier alpha value is -6.20. The number of ether oxygens (including phenoxy) is 8. The van der Waals surface area contributed by atoms with Gasteiger partial charge in [-0.3, -0.25) is 0 Å². The molecule has 0 N–H and O–H groups in total. The molecule has 12 nitrogen and oxygen atoms in total. The fraction of sp³-hybridized carbons (Fsp3) is 0.214. The molecular weight excluding hydrogens is 1180 g/mol. The third-order valence-corrected chi connectivity index (χ3v) is 17.0. The maximum atomic E-state index is 13.7. The number of esters is 4. The normalized spacial score (nSPS) is 18.9. The summed E-state index contributed by atoms with van der Waals surface area (Å²) in [5.74, 6) is -2.83. The minimum atomic E-state index is -0.655. The van der Waals surface area contributed by atoms with Crippen LogP contribution in [0.4, 0.5) is 0 Å². The lowest BCUT2D eigenvalue weighted by Gasteiger charge is -2.42. The zero-order valence-electron chi connectivity index (χ0n) is 38.8. The predicted octanol–water partition coefficient (Wildman–Crippen LogP) is 11.8. The average Bonchev–Trinajstić information content (AvgIpc) is 3.40. The summed E-state index contributed by atoms with van der Waals surface area (Å²) in [5.41, 5.74) is 11.0. The Kier molecular flexibility index (Phi) is 12.7. The van der Waals surface area contributed by atoms with E-state index in [1.54, 1.807) is 0 Å². The van der Waals surface area contributed by atoms with Crippen LogP contribution in [0.3, 0.4) is 0 Å². The molecular formula is C56H40Br4O12. The number of hydrogen-bond acceptors (Lipinski definition) is 12. The first-order valence-corrected chi connectivity index (χ1v) is 25.8. The van der Waals surface area contributed by atoms with Crippen LogP contribution in [0, 0.1) is 0 Å². The van der Waals surface area contributed by atoms with E-state index in [4.69, 9.17) is 37.9 Å². The number of hydrogen-bond donors (Lipinski definition) is 0. The van der Waals surface area contributed by atoms with Crippen molar-refractivity contribution < 1.29 is 57.1 Å². The lowest BCUT2D eigenvalue weighted by Crippen LogP contribution is -2.35. The van der Waals surface area contributed by atoms with Crippen LogP contribution >= 0.6 is 63.7 Å². The third-order valence-electron chi connectivity index (χ3n) is 14.1. The van der Waals surface area contributed by atoms with Gasteiger partial charge in [-0.15, -0.1) is 0 Å². The molecule has 0 aromatic heterocycles. The molecule has 16 aliphatic heterocycles. The highest BCUT2D eigenvalue weighted by atomic mass is 79.9. The van der Waals surface area contributed by atoms with Crippen molar-refractivity contribution in [1.29, 1.82) is 0 Å². The van der Waals surface area contributed by atoms with Crippen LogP contribution in [0.15, 0.2) is 137 Å². The molecule has 20 bridgehead atoms. The van der Waals surface area contributed by atoms with Crippen LogP contribution in [-0.2, 0) is 64.6 Å². The number of benzene rings is 6. The molecule has 0 saturated carbocycles. The van der Waals surface area contributed by atoms with Crippen molar-refractivity contribution in [3.05, 3.63) is 204 Å². The summed E-state index contributed by atoms with van der Waals surface area (Å²) >= 11 is 15.1. The van der Waals surface area contributed by atoms with Gasteiger partial charge in [-0.2, -0.15) is 0 Å². The van der Waals surface area contributed by atoms with E-state index in [0.717, 1.165) is 84.7 Å². The van der Waals surface area contributed by atoms with Crippen LogP contribution in [-0.4, -0.2) is 52.3 Å². The van der Waals surface area contributed by atoms with Crippen LogP contribution in [0.25, 0.3) is 0 Å². The minimum Gasteiger partial charge on any atom is -0.489 e. The molecule has 4 atom stereocenters. The highest BCUT2D eigenvalue weighted by molar-refractivity contribution is 9.11. The fourth-order valence-electron chi connectivity index (χ4n) is 10.9. The molecule has 72 heavy (non-hydrogen) atoms. The van der Waals surface area contributed by atoms with Gasteiger partial charge in [-0.25, -0.2) is 19.2 Å². The Morgan fingerprint density at radius 2 is 0.556 bits per heavy atom. The van der Waals surface area contributed by atoms with Gasteiger partial charge in [-0.05, 0) is 117 Å². The molecule has 0 fully saturated rings. The Morgan fingerprint density at radius 3 is 0.750 bits per heavy atom. The van der Waals surface area contributed by atoms with Crippen LogP contribution in [0.2, 0.25) is 0 Å². The van der Waals surface area contributed by atoms with Gasteiger partial charge in [0.25, 0.3) is 0 Å². The van der Waals surface area contributed by atoms with E-state index in [1.165, 1.54) is 28.4 Å². The maximum absolute atomic E-state index is 13.7. The SMILES string of the molecule is COC(=O)C1=C(C(=O)OC)[C@@H]2c3ccc4cc3[C@H]1c1ccc(cc12)OCc1cc(Br)c(cc1Br)COc1ccc2c(c1)[C@@H]1C(C(=O)OC)=C(C(=O)OC)[C@H]2c2cc(ccc21)OCc1cc(Br)c(cc1Br)CO4. The summed E-state index contributed by atoms with van der Waals surface area (Å²) in [4.78, 5) is 54.7. The number of methoxy groups -OCH3 is 4. The molecule has 0 saturated heterocycles. The van der Waals surface area contributed by atoms with Crippen LogP contribution in [0.1, 0.15) is 90.4 Å². The number of rotatable bonds is 4. The zero-order valence-corrected chi connectivity index (χ0v) is 45.1. The molecule has 16 heteroatoms. The lowest BCUT2D eigenvalue weighted by atomic mass is 9.61. The van der Waals surface area contributed by atoms with Gasteiger partial charge in [0, 0.05) is 63.8 Å². The van der Waals surface area contributed by atoms with E-state index < -0.39 is 47.5 Å². The second-order valence-electron chi connectivity index (χ2n) is 17.7. The van der Waals surface area contributed by atoms with Gasteiger partial charge in [0.1, 0.15) is 49.4 Å². The number of carbonyl (C=O) groups is 4. The van der Waals surface area contributed by atoms with E-state index in [9.17, 15) is 19.2 Å². The number of carbonyl (C=O) groups excluding carboxylic acids is 4. The molecule has 0 amide bonds. The summed E-state index contributed by atoms with van der Waals surface area (Å²) < 4.78 is 50.3. The molecule has 28 rings (SSSR count). The van der Waals surface area contributed by atoms with Gasteiger partial charge in [0.2, 0.25) is 0 Å². The molecule has 0 radical (unpaired) electrons. The van der Waals surface area contributed by atoms with E-state index in [-0.39, 0.29) is 48.7 Å². The summed E-state index contributed by atoms with van der Waals surface area (Å²) in [6.07, 6.45) is 0. The summed E-state index contributed by atoms with van der Waals surface area (Å²) in [6.45, 7) is 0.774. The molecule has 16 heterocycles. The summed E-state index contributed by atoms with van der Waals surface area (Å²) in [5, 5.41) is 0. The smallest absolute Gasteiger partial charge is 0.335 e. The highest BCUT2D eigenvalue weighted by Gasteiger charge is 2.50. The van der Waals surface area contributed by atoms with Gasteiger partial charge in [0.15, 0.2) is 0 Å². The van der Waals surface area contributed by atoms with Crippen molar-refractivity contribution in [2.75, 3.05) is 28.4 Å². The van der Waals surface area contributed by atoms with E-state index in [2.05, 4.69) is 63.7 Å². The Balaban J connectivity index is 0.995. The van der Waals surface area contributed by atoms with Crippen molar-refractivity contribution in [3.8, 4) is 23.0 Å². The molecule has 6 aromatic carbocycles. The van der Waals surface area contributed by atoms with Crippen molar-refractivity contribution in [3.63, 3.8) is 0 Å². The van der Waals surface area contributed by atoms with Crippen molar-refractivity contribution in [2.45, 2.75) is 50.1 Å². The zero-order chi connectivity index (χ0) is 50.3. The second kappa shape index (κ2) is 19.0. The Morgan fingerprint density at radius 1 is 0.347 bits per heavy atom. The predicted molar refractivity (Wildman–Crippen MR) is 276 cm³/mol. The minimum absolute atomic E-state index is 0.194. The highest BCUT2D eigenvalue weighted by Crippen LogP contribution is 2.59. The first-order valence-electron chi connectivity index (χ1n) is 22.6. The third kappa shape index (κ3) is 7.96. The number of halogens is 4. The lowest BCUT2D eigenvalue weighted by molar-refractivity contribution is -0.140. The monoisotopic (exact) mass is 1220 g/mol. The molecule has 364 valence electrons. The van der Waals surface area contributed by atoms with Crippen LogP contribution < -0.4 is 18.9 Å². The summed E-state index contributed by atoms with van der Waals surface area (Å²) in [6, 6.07) is 30.8. The molecule has 0 spiro atoms. The fourth-order valence-corrected chi connectivity index (χ4v) is 12.9. The topological polar surface area (TPSA) is 142 Å². The Labute approximate surface area is 447 Å². The summed E-state index contributed by atoms with van der Waals surface area (Å²) in [7, 11) is 5.22. The van der Waals surface area contributed by atoms with E-state index >= 15 is 0 Å². The van der Waals surface area contributed by atoms with Gasteiger partial charge < -0.3 is 37.9 Å². The standard InChI is InChI=1S/C56H40Br4O12/c1-65-53(61)49-45-33-9-5-30-18-38(33)46(50(49)54(62)66-2)34-10-6-29(17-37(34)45)69-21-25-13-42(58)27(15-41(25)57)23-71-31-7-11-35-39(19-31)47-36-12-8-32(72-24-28-16-43(59)26(22-70-30)14-44(28)60)20-40(36)48(35)52(56(64)68-4)51(47)55(63)67-3/h5-20,45-48H,21-24H2,1-4H3/t45-,46-,47-,48-/m1/s1. The van der Waals surface area contributed by atoms with Crippen molar-refractivity contribution in [1.82, 2.24) is 0 Å². The average molecular weight is 1220 g/mol. The van der Waals surface area contributed by atoms with Crippen LogP contribution in [0.5, 0.6) is 23.0 Å². The van der Waals surface area contributed by atoms with E-state index in [0.29, 0.717) is 23.0 Å². The van der Waals surface area contributed by atoms with Gasteiger partial charge in [0.05, 0.1) is 50.7 Å². The molecule has 6 aromatic rings. The van der Waals surface area contributed by atoms with Gasteiger partial charge in [-0.1, -0.05) is 88.0 Å². The largest absolute Gasteiger partial charge is 0.489 e. The van der Waals surface area contributed by atoms with Gasteiger partial charge >= 0.3 is 23.9 Å². The van der Waals surface area contributed by atoms with E-state index in [1.807, 2.05) is 97.1 Å². The molecule has 22 aliphatic rings. The maximum Gasteiger partial charge on any atom is 0.335 e. The molecule has 6 aliphatic carbocycles. The van der Waals surface area contributed by atoms with Crippen molar-refractivity contribution in [2.24, 2.45) is 0 Å². The second-order valence-corrected chi connectivity index (χ2v) is 21.2. The first kappa shape index (κ1) is 48.1. The quantitative estimate of drug-likeness (QED) is 0.122. The Bertz CT molecular complexity index is 2990. The molecule has 0 unspecified atom stereocenters. The first-order chi connectivity index (χ1) is 34.8.